The summed E-state index contributed by atoms with van der Waals surface area (Å²) >= 11 is 6.75. The van der Waals surface area contributed by atoms with Gasteiger partial charge < -0.3 is 11.1 Å². The van der Waals surface area contributed by atoms with Crippen LogP contribution in [0.3, 0.4) is 0 Å². The van der Waals surface area contributed by atoms with Crippen molar-refractivity contribution in [2.45, 2.75) is 6.92 Å². The minimum Gasteiger partial charge on any atom is -0.398 e. The van der Waals surface area contributed by atoms with Crippen LogP contribution in [0.25, 0.3) is 0 Å². The molecule has 0 radical (unpaired) electrons. The second kappa shape index (κ2) is 5.75. The molecule has 19 heavy (non-hydrogen) atoms. The second-order valence-corrected chi connectivity index (χ2v) is 5.86. The monoisotopic (exact) mass is 382 g/mol. The number of carbonyl (C=O) groups excluding carboxylic acids is 1. The molecule has 0 bridgehead atoms. The van der Waals surface area contributed by atoms with Gasteiger partial charge in [-0.1, -0.05) is 22.0 Å². The molecule has 3 nitrogen and oxygen atoms in total. The highest BCUT2D eigenvalue weighted by molar-refractivity contribution is 9.10. The number of anilines is 2. The van der Waals surface area contributed by atoms with E-state index in [1.54, 1.807) is 18.2 Å². The van der Waals surface area contributed by atoms with Crippen molar-refractivity contribution in [3.8, 4) is 0 Å². The van der Waals surface area contributed by atoms with Crippen molar-refractivity contribution in [1.82, 2.24) is 0 Å². The van der Waals surface area contributed by atoms with E-state index in [-0.39, 0.29) is 5.91 Å². The van der Waals surface area contributed by atoms with Crippen molar-refractivity contribution in [2.75, 3.05) is 11.1 Å². The van der Waals surface area contributed by atoms with Gasteiger partial charge in [-0.15, -0.1) is 0 Å². The van der Waals surface area contributed by atoms with Gasteiger partial charge in [-0.3, -0.25) is 4.79 Å². The zero-order valence-corrected chi connectivity index (χ0v) is 13.4. The van der Waals surface area contributed by atoms with Crippen LogP contribution in [0.4, 0.5) is 11.4 Å². The van der Waals surface area contributed by atoms with Crippen LogP contribution in [0.5, 0.6) is 0 Å². The summed E-state index contributed by atoms with van der Waals surface area (Å²) in [5, 5.41) is 2.84. The largest absolute Gasteiger partial charge is 0.398 e. The number of benzene rings is 2. The molecule has 1 amide bonds. The molecule has 0 unspecified atom stereocenters. The van der Waals surface area contributed by atoms with E-state index in [1.165, 1.54) is 0 Å². The lowest BCUT2D eigenvalue weighted by molar-refractivity contribution is 0.102. The highest BCUT2D eigenvalue weighted by Crippen LogP contribution is 2.23. The Balaban J connectivity index is 2.20. The predicted octanol–water partition coefficient (Wildman–Crippen LogP) is 4.35. The van der Waals surface area contributed by atoms with Crippen molar-refractivity contribution in [3.05, 3.63) is 56.5 Å². The third kappa shape index (κ3) is 3.36. The highest BCUT2D eigenvalue weighted by Gasteiger charge is 2.08. The molecule has 3 N–H and O–H groups in total. The van der Waals surface area contributed by atoms with Crippen LogP contribution in [0.15, 0.2) is 45.3 Å². The maximum Gasteiger partial charge on any atom is 0.255 e. The number of nitrogen functional groups attached to an aromatic ring is 1. The molecular weight excluding hydrogens is 372 g/mol. The number of rotatable bonds is 2. The molecule has 0 saturated heterocycles. The Morgan fingerprint density at radius 2 is 1.84 bits per heavy atom. The Hall–Kier alpha value is -1.33. The highest BCUT2D eigenvalue weighted by atomic mass is 79.9. The molecule has 0 aliphatic rings. The molecule has 0 fully saturated rings. The van der Waals surface area contributed by atoms with E-state index in [0.717, 1.165) is 15.7 Å². The van der Waals surface area contributed by atoms with Gasteiger partial charge in [0, 0.05) is 25.9 Å². The normalized spacial score (nSPS) is 10.3. The first kappa shape index (κ1) is 14.1. The lowest BCUT2D eigenvalue weighted by Gasteiger charge is -2.08. The number of hydrogen-bond acceptors (Lipinski definition) is 2. The Morgan fingerprint density at radius 1 is 1.11 bits per heavy atom. The molecule has 5 heteroatoms. The van der Waals surface area contributed by atoms with Gasteiger partial charge in [0.2, 0.25) is 0 Å². The Labute approximate surface area is 128 Å². The number of halogens is 2. The molecule has 0 saturated carbocycles. The van der Waals surface area contributed by atoms with Crippen LogP contribution in [0.2, 0.25) is 0 Å². The minimum atomic E-state index is -0.170. The fourth-order valence-corrected chi connectivity index (χ4v) is 2.30. The van der Waals surface area contributed by atoms with Gasteiger partial charge in [0.15, 0.2) is 0 Å². The van der Waals surface area contributed by atoms with Crippen LogP contribution in [-0.2, 0) is 0 Å². The van der Waals surface area contributed by atoms with Crippen LogP contribution in [0, 0.1) is 6.92 Å². The molecule has 0 atom stereocenters. The van der Waals surface area contributed by atoms with Crippen LogP contribution < -0.4 is 11.1 Å². The molecule has 0 heterocycles. The number of aryl methyl sites for hydroxylation is 1. The first-order valence-corrected chi connectivity index (χ1v) is 7.18. The molecule has 0 aromatic heterocycles. The van der Waals surface area contributed by atoms with Crippen LogP contribution in [-0.4, -0.2) is 5.91 Å². The molecule has 98 valence electrons. The fourth-order valence-electron chi connectivity index (χ4n) is 1.54. The van der Waals surface area contributed by atoms with E-state index in [4.69, 9.17) is 5.73 Å². The predicted molar refractivity (Wildman–Crippen MR) is 85.4 cm³/mol. The van der Waals surface area contributed by atoms with Crippen molar-refractivity contribution in [2.24, 2.45) is 0 Å². The van der Waals surface area contributed by atoms with Crippen molar-refractivity contribution < 1.29 is 4.79 Å². The Kier molecular flexibility index (Phi) is 4.27. The smallest absolute Gasteiger partial charge is 0.255 e. The Bertz CT molecular complexity index is 641. The van der Waals surface area contributed by atoms with E-state index in [1.807, 2.05) is 25.1 Å². The van der Waals surface area contributed by atoms with E-state index >= 15 is 0 Å². The zero-order valence-electron chi connectivity index (χ0n) is 10.2. The first-order chi connectivity index (χ1) is 8.97. The number of nitrogens with one attached hydrogen (secondary N) is 1. The van der Waals surface area contributed by atoms with Crippen molar-refractivity contribution >= 4 is 49.1 Å². The van der Waals surface area contributed by atoms with E-state index in [2.05, 4.69) is 37.2 Å². The van der Waals surface area contributed by atoms with Gasteiger partial charge >= 0.3 is 0 Å². The fraction of sp³-hybridized carbons (Fsp3) is 0.0714. The third-order valence-electron chi connectivity index (χ3n) is 2.69. The summed E-state index contributed by atoms with van der Waals surface area (Å²) in [4.78, 5) is 12.1. The van der Waals surface area contributed by atoms with Crippen molar-refractivity contribution in [3.63, 3.8) is 0 Å². The lowest BCUT2D eigenvalue weighted by Crippen LogP contribution is -2.12. The summed E-state index contributed by atoms with van der Waals surface area (Å²) in [6, 6.07) is 10.8. The molecular formula is C14H12Br2N2O. The van der Waals surface area contributed by atoms with Gasteiger partial charge in [0.25, 0.3) is 5.91 Å². The average molecular weight is 384 g/mol. The lowest BCUT2D eigenvalue weighted by atomic mass is 10.2. The third-order valence-corrected chi connectivity index (χ3v) is 4.23. The van der Waals surface area contributed by atoms with Gasteiger partial charge in [-0.05, 0) is 58.7 Å². The Morgan fingerprint density at radius 3 is 2.47 bits per heavy atom. The van der Waals surface area contributed by atoms with E-state index in [9.17, 15) is 4.79 Å². The first-order valence-electron chi connectivity index (χ1n) is 5.60. The van der Waals surface area contributed by atoms with Gasteiger partial charge in [0.05, 0.1) is 0 Å². The summed E-state index contributed by atoms with van der Waals surface area (Å²) < 4.78 is 1.68. The number of nitrogens with two attached hydrogens (primary N) is 1. The second-order valence-electron chi connectivity index (χ2n) is 4.15. The molecule has 2 aromatic rings. The van der Waals surface area contributed by atoms with Crippen molar-refractivity contribution in [1.29, 1.82) is 0 Å². The van der Waals surface area contributed by atoms with Gasteiger partial charge in [-0.2, -0.15) is 0 Å². The number of hydrogen-bond donors (Lipinski definition) is 2. The summed E-state index contributed by atoms with van der Waals surface area (Å²) in [5.74, 6) is -0.170. The molecule has 2 rings (SSSR count). The topological polar surface area (TPSA) is 55.1 Å². The molecule has 0 aliphatic carbocycles. The number of carbonyl (C=O) groups is 1. The summed E-state index contributed by atoms with van der Waals surface area (Å²) in [6.45, 7) is 1.99. The average Bonchev–Trinajstić information content (AvgIpc) is 2.37. The maximum absolute atomic E-state index is 12.1. The van der Waals surface area contributed by atoms with Gasteiger partial charge in [0.1, 0.15) is 0 Å². The van der Waals surface area contributed by atoms with Crippen LogP contribution in [0.1, 0.15) is 15.9 Å². The molecule has 2 aromatic carbocycles. The van der Waals surface area contributed by atoms with E-state index in [0.29, 0.717) is 15.7 Å². The standard InChI is InChI=1S/C14H12Br2N2O/c1-8-2-4-10(7-11(8)15)18-14(19)9-3-5-13(17)12(16)6-9/h2-7H,17H2,1H3,(H,18,19). The molecule has 0 aliphatic heterocycles. The van der Waals surface area contributed by atoms with Gasteiger partial charge in [-0.25, -0.2) is 0 Å². The summed E-state index contributed by atoms with van der Waals surface area (Å²) in [6.07, 6.45) is 0. The van der Waals surface area contributed by atoms with E-state index < -0.39 is 0 Å². The summed E-state index contributed by atoms with van der Waals surface area (Å²) in [7, 11) is 0. The van der Waals surface area contributed by atoms with Crippen LogP contribution >= 0.6 is 31.9 Å². The quantitative estimate of drug-likeness (QED) is 0.757. The number of amides is 1. The minimum absolute atomic E-state index is 0.170. The molecule has 0 spiro atoms. The SMILES string of the molecule is Cc1ccc(NC(=O)c2ccc(N)c(Br)c2)cc1Br. The zero-order chi connectivity index (χ0) is 14.0. The summed E-state index contributed by atoms with van der Waals surface area (Å²) in [5.41, 5.74) is 8.72. The maximum atomic E-state index is 12.1.